The zero-order chi connectivity index (χ0) is 18.1. The van der Waals surface area contributed by atoms with Gasteiger partial charge in [-0.2, -0.15) is 5.10 Å². The SMILES string of the molecule is O=C(Nc1ccn(Cc2ccc(Cl)cc2)n1)c1sc2ccccc2c1Cl. The second-order valence-corrected chi connectivity index (χ2v) is 7.59. The fourth-order valence-electron chi connectivity index (χ4n) is 2.63. The molecule has 2 aromatic heterocycles. The molecule has 1 amide bonds. The number of hydrogen-bond donors (Lipinski definition) is 1. The summed E-state index contributed by atoms with van der Waals surface area (Å²) in [6.45, 7) is 0.594. The van der Waals surface area contributed by atoms with Gasteiger partial charge in [-0.25, -0.2) is 0 Å². The van der Waals surface area contributed by atoms with E-state index in [9.17, 15) is 4.79 Å². The summed E-state index contributed by atoms with van der Waals surface area (Å²) in [5.41, 5.74) is 1.07. The third kappa shape index (κ3) is 3.46. The van der Waals surface area contributed by atoms with Gasteiger partial charge in [0.2, 0.25) is 0 Å². The highest BCUT2D eigenvalue weighted by Gasteiger charge is 2.17. The molecule has 0 radical (unpaired) electrons. The molecule has 2 heterocycles. The number of amides is 1. The highest BCUT2D eigenvalue weighted by Crippen LogP contribution is 2.35. The van der Waals surface area contributed by atoms with Crippen molar-refractivity contribution in [2.75, 3.05) is 5.32 Å². The predicted octanol–water partition coefficient (Wildman–Crippen LogP) is 5.71. The van der Waals surface area contributed by atoms with Gasteiger partial charge in [0.25, 0.3) is 5.91 Å². The number of nitrogens with zero attached hydrogens (tertiary/aromatic N) is 2. The van der Waals surface area contributed by atoms with Crippen LogP contribution in [0.2, 0.25) is 10.0 Å². The molecule has 0 saturated carbocycles. The molecule has 0 atom stereocenters. The highest BCUT2D eigenvalue weighted by molar-refractivity contribution is 7.21. The van der Waals surface area contributed by atoms with Crippen LogP contribution in [0.5, 0.6) is 0 Å². The van der Waals surface area contributed by atoms with Crippen LogP contribution >= 0.6 is 34.5 Å². The van der Waals surface area contributed by atoms with Gasteiger partial charge in [-0.05, 0) is 23.8 Å². The van der Waals surface area contributed by atoms with Crippen molar-refractivity contribution in [3.8, 4) is 0 Å². The molecule has 0 saturated heterocycles. The second-order valence-electron chi connectivity index (χ2n) is 5.72. The first-order valence-electron chi connectivity index (χ1n) is 7.86. The van der Waals surface area contributed by atoms with E-state index >= 15 is 0 Å². The topological polar surface area (TPSA) is 46.9 Å². The van der Waals surface area contributed by atoms with Crippen molar-refractivity contribution in [1.29, 1.82) is 0 Å². The standard InChI is InChI=1S/C19H13Cl2N3OS/c20-13-7-5-12(6-8-13)11-24-10-9-16(23-24)22-19(25)18-17(21)14-3-1-2-4-15(14)26-18/h1-10H,11H2,(H,22,23,25). The van der Waals surface area contributed by atoms with Gasteiger partial charge in [0.05, 0.1) is 11.6 Å². The molecule has 4 aromatic rings. The van der Waals surface area contributed by atoms with Crippen LogP contribution in [0.1, 0.15) is 15.2 Å². The van der Waals surface area contributed by atoms with Crippen molar-refractivity contribution in [2.45, 2.75) is 6.54 Å². The Hall–Kier alpha value is -2.34. The van der Waals surface area contributed by atoms with E-state index < -0.39 is 0 Å². The maximum Gasteiger partial charge on any atom is 0.268 e. The number of anilines is 1. The van der Waals surface area contributed by atoms with Gasteiger partial charge < -0.3 is 5.32 Å². The quantitative estimate of drug-likeness (QED) is 0.476. The molecule has 0 aliphatic rings. The molecule has 0 bridgehead atoms. The molecule has 4 nitrogen and oxygen atoms in total. The number of aromatic nitrogens is 2. The molecule has 0 unspecified atom stereocenters. The average Bonchev–Trinajstić information content (AvgIpc) is 3.22. The van der Waals surface area contributed by atoms with Crippen LogP contribution in [-0.4, -0.2) is 15.7 Å². The summed E-state index contributed by atoms with van der Waals surface area (Å²) in [6.07, 6.45) is 1.82. The van der Waals surface area contributed by atoms with Crippen LogP contribution in [-0.2, 0) is 6.54 Å². The zero-order valence-electron chi connectivity index (χ0n) is 13.4. The Bertz CT molecular complexity index is 1090. The van der Waals surface area contributed by atoms with Gasteiger partial charge in [-0.15, -0.1) is 11.3 Å². The van der Waals surface area contributed by atoms with E-state index in [1.54, 1.807) is 10.7 Å². The van der Waals surface area contributed by atoms with Crippen LogP contribution in [0, 0.1) is 0 Å². The Labute approximate surface area is 164 Å². The van der Waals surface area contributed by atoms with Gasteiger partial charge in [-0.3, -0.25) is 9.48 Å². The van der Waals surface area contributed by atoms with E-state index in [4.69, 9.17) is 23.2 Å². The Morgan fingerprint density at radius 3 is 2.62 bits per heavy atom. The fourth-order valence-corrected chi connectivity index (χ4v) is 4.16. The van der Waals surface area contributed by atoms with Crippen LogP contribution in [0.25, 0.3) is 10.1 Å². The summed E-state index contributed by atoms with van der Waals surface area (Å²) in [4.78, 5) is 13.0. The molecule has 7 heteroatoms. The normalized spacial score (nSPS) is 11.0. The molecule has 0 aliphatic heterocycles. The number of rotatable bonds is 4. The number of carbonyl (C=O) groups is 1. The maximum atomic E-state index is 12.6. The zero-order valence-corrected chi connectivity index (χ0v) is 15.8. The van der Waals surface area contributed by atoms with Crippen molar-refractivity contribution in [2.24, 2.45) is 0 Å². The van der Waals surface area contributed by atoms with Crippen LogP contribution < -0.4 is 5.32 Å². The molecule has 0 fully saturated rings. The monoisotopic (exact) mass is 401 g/mol. The van der Waals surface area contributed by atoms with Crippen LogP contribution in [0.3, 0.4) is 0 Å². The largest absolute Gasteiger partial charge is 0.304 e. The Morgan fingerprint density at radius 2 is 1.85 bits per heavy atom. The van der Waals surface area contributed by atoms with E-state index in [1.165, 1.54) is 11.3 Å². The summed E-state index contributed by atoms with van der Waals surface area (Å²) >= 11 is 13.6. The van der Waals surface area contributed by atoms with E-state index in [-0.39, 0.29) is 5.91 Å². The molecular formula is C19H13Cl2N3OS. The summed E-state index contributed by atoms with van der Waals surface area (Å²) in [7, 11) is 0. The van der Waals surface area contributed by atoms with Gasteiger partial charge >= 0.3 is 0 Å². The minimum Gasteiger partial charge on any atom is -0.304 e. The van der Waals surface area contributed by atoms with Crippen molar-refractivity contribution in [3.05, 3.63) is 81.3 Å². The van der Waals surface area contributed by atoms with E-state index in [0.29, 0.717) is 27.3 Å². The first kappa shape index (κ1) is 17.1. The first-order valence-corrected chi connectivity index (χ1v) is 9.44. The van der Waals surface area contributed by atoms with Crippen molar-refractivity contribution >= 4 is 56.3 Å². The maximum absolute atomic E-state index is 12.6. The summed E-state index contributed by atoms with van der Waals surface area (Å²) in [5, 5.41) is 9.26. The number of benzene rings is 2. The van der Waals surface area contributed by atoms with Gasteiger partial charge in [0, 0.05) is 27.4 Å². The van der Waals surface area contributed by atoms with E-state index in [2.05, 4.69) is 10.4 Å². The number of hydrogen-bond acceptors (Lipinski definition) is 3. The molecule has 130 valence electrons. The molecule has 2 aromatic carbocycles. The lowest BCUT2D eigenvalue weighted by Crippen LogP contribution is -2.11. The number of carbonyl (C=O) groups excluding carboxylic acids is 1. The lowest BCUT2D eigenvalue weighted by Gasteiger charge is -2.03. The fraction of sp³-hybridized carbons (Fsp3) is 0.0526. The molecular weight excluding hydrogens is 389 g/mol. The third-order valence-corrected chi connectivity index (χ3v) is 5.81. The molecule has 26 heavy (non-hydrogen) atoms. The summed E-state index contributed by atoms with van der Waals surface area (Å²) < 4.78 is 2.74. The lowest BCUT2D eigenvalue weighted by atomic mass is 10.2. The van der Waals surface area contributed by atoms with Crippen molar-refractivity contribution < 1.29 is 4.79 Å². The van der Waals surface area contributed by atoms with Gasteiger partial charge in [0.1, 0.15) is 4.88 Å². The number of nitrogens with one attached hydrogen (secondary N) is 1. The number of halogens is 2. The molecule has 0 aliphatic carbocycles. The second kappa shape index (κ2) is 7.11. The Balaban J connectivity index is 1.50. The smallest absolute Gasteiger partial charge is 0.268 e. The highest BCUT2D eigenvalue weighted by atomic mass is 35.5. The van der Waals surface area contributed by atoms with E-state index in [1.807, 2.05) is 54.7 Å². The number of fused-ring (bicyclic) bond motifs is 1. The van der Waals surface area contributed by atoms with Gasteiger partial charge in [0.15, 0.2) is 5.82 Å². The average molecular weight is 402 g/mol. The molecule has 1 N–H and O–H groups in total. The predicted molar refractivity (Wildman–Crippen MR) is 108 cm³/mol. The number of thiophene rings is 1. The van der Waals surface area contributed by atoms with Crippen LogP contribution in [0.4, 0.5) is 5.82 Å². The molecule has 0 spiro atoms. The minimum atomic E-state index is -0.257. The Kier molecular flexibility index (Phi) is 4.68. The Morgan fingerprint density at radius 1 is 1.08 bits per heavy atom. The van der Waals surface area contributed by atoms with Crippen molar-refractivity contribution in [3.63, 3.8) is 0 Å². The summed E-state index contributed by atoms with van der Waals surface area (Å²) in [5.74, 6) is 0.227. The van der Waals surface area contributed by atoms with E-state index in [0.717, 1.165) is 15.6 Å². The lowest BCUT2D eigenvalue weighted by molar-refractivity contribution is 0.103. The minimum absolute atomic E-state index is 0.257. The molecule has 4 rings (SSSR count). The van der Waals surface area contributed by atoms with Crippen LogP contribution in [0.15, 0.2) is 60.8 Å². The third-order valence-electron chi connectivity index (χ3n) is 3.88. The van der Waals surface area contributed by atoms with Crippen molar-refractivity contribution in [1.82, 2.24) is 9.78 Å². The first-order chi connectivity index (χ1) is 12.6. The van der Waals surface area contributed by atoms with Gasteiger partial charge in [-0.1, -0.05) is 53.5 Å². The summed E-state index contributed by atoms with van der Waals surface area (Å²) in [6, 6.07) is 17.0.